The molecule has 0 spiro atoms. The zero-order chi connectivity index (χ0) is 31.9. The van der Waals surface area contributed by atoms with E-state index in [1.807, 2.05) is 0 Å². The predicted molar refractivity (Wildman–Crippen MR) is 143 cm³/mol. The minimum absolute atomic E-state index is 0.126. The van der Waals surface area contributed by atoms with Crippen LogP contribution in [0.1, 0.15) is 30.2 Å². The number of imidazole rings is 1. The van der Waals surface area contributed by atoms with Gasteiger partial charge in [0.2, 0.25) is 0 Å². The molecule has 4 N–H and O–H groups in total. The maximum Gasteiger partial charge on any atom is 0.530 e. The number of rotatable bonds is 9. The summed E-state index contributed by atoms with van der Waals surface area (Å²) in [6, 6.07) is 6.20. The van der Waals surface area contributed by atoms with Crippen LogP contribution in [0.5, 0.6) is 5.75 Å². The molecule has 3 aromatic rings. The second kappa shape index (κ2) is 13.7. The van der Waals surface area contributed by atoms with Crippen LogP contribution in [0.15, 0.2) is 54.0 Å². The summed E-state index contributed by atoms with van der Waals surface area (Å²) in [5.41, 5.74) is 5.88. The van der Waals surface area contributed by atoms with Crippen LogP contribution >= 0.6 is 7.82 Å². The molecule has 1 aliphatic rings. The molecule has 0 bridgehead atoms. The maximum atomic E-state index is 12.5. The number of nitrogens with one attached hydrogen (secondary N) is 1. The molecule has 1 fully saturated rings. The van der Waals surface area contributed by atoms with Gasteiger partial charge in [-0.2, -0.15) is 18.2 Å². The highest BCUT2D eigenvalue weighted by molar-refractivity contribution is 7.48. The molecule has 0 aliphatic carbocycles. The summed E-state index contributed by atoms with van der Waals surface area (Å²) in [6.45, 7) is -0.940. The quantitative estimate of drug-likeness (QED) is 0.175. The maximum absolute atomic E-state index is 12.5. The Hall–Kier alpha value is -4.69. The number of nitrogen functional groups attached to an aromatic ring is 1. The highest BCUT2D eigenvalue weighted by atomic mass is 31.2. The van der Waals surface area contributed by atoms with Crippen LogP contribution in [-0.4, -0.2) is 68.0 Å². The fourth-order valence-electron chi connectivity index (χ4n) is 3.72. The number of nitrogens with two attached hydrogens (primary N) is 1. The summed E-state index contributed by atoms with van der Waals surface area (Å²) in [6.07, 6.45) is -2.06. The van der Waals surface area contributed by atoms with E-state index in [9.17, 15) is 37.0 Å². The van der Waals surface area contributed by atoms with Crippen molar-refractivity contribution in [3.63, 3.8) is 0 Å². The van der Waals surface area contributed by atoms with Gasteiger partial charge in [0.15, 0.2) is 0 Å². The van der Waals surface area contributed by atoms with Gasteiger partial charge in [-0.25, -0.2) is 23.7 Å². The van der Waals surface area contributed by atoms with Gasteiger partial charge in [0.05, 0.1) is 24.8 Å². The zero-order valence-corrected chi connectivity index (χ0v) is 23.4. The van der Waals surface area contributed by atoms with Crippen LogP contribution in [0.25, 0.3) is 0 Å². The first-order valence-corrected chi connectivity index (χ1v) is 14.1. The van der Waals surface area contributed by atoms with Gasteiger partial charge in [-0.3, -0.25) is 18.8 Å². The molecule has 1 aliphatic heterocycles. The van der Waals surface area contributed by atoms with Crippen molar-refractivity contribution >= 4 is 25.6 Å². The van der Waals surface area contributed by atoms with E-state index in [1.165, 1.54) is 35.3 Å². The number of amides is 1. The van der Waals surface area contributed by atoms with Gasteiger partial charge in [-0.1, -0.05) is 11.8 Å². The number of carbonyl (C=O) groups is 2. The molecular formula is C25H24F3N6O9P. The molecule has 1 aromatic carbocycles. The van der Waals surface area contributed by atoms with E-state index >= 15 is 0 Å². The number of aromatic nitrogens is 4. The minimum Gasteiger partial charge on any atom is -0.492 e. The summed E-state index contributed by atoms with van der Waals surface area (Å²) in [5, 5.41) is 1.69. The Morgan fingerprint density at radius 3 is 2.66 bits per heavy atom. The summed E-state index contributed by atoms with van der Waals surface area (Å²) in [5.74, 6) is 3.80. The lowest BCUT2D eigenvalue weighted by molar-refractivity contribution is -0.173. The van der Waals surface area contributed by atoms with E-state index in [0.717, 1.165) is 10.9 Å². The van der Waals surface area contributed by atoms with Gasteiger partial charge >= 0.3 is 31.7 Å². The minimum atomic E-state index is -4.97. The van der Waals surface area contributed by atoms with Gasteiger partial charge in [-0.05, 0) is 37.1 Å². The highest BCUT2D eigenvalue weighted by Crippen LogP contribution is 2.44. The lowest BCUT2D eigenvalue weighted by Crippen LogP contribution is -2.38. The first-order chi connectivity index (χ1) is 20.8. The molecule has 1 amide bonds. The van der Waals surface area contributed by atoms with E-state index in [2.05, 4.69) is 26.3 Å². The average Bonchev–Trinajstić information content (AvgIpc) is 3.67. The standard InChI is InChI=1S/C25H24F3N6O9P/c26-25(27,28)22(35)31-10-12-40-18-5-2-16(3-6-18)1-4-17-13-34(23(36)32-21(17)29)20-8-7-19(42-20)14-41-44(38,39)43-24(37)33-11-9-30-15-33/h2-3,5-6,9,11,13,15,19-20H,7-8,10,12,14H2,(H,31,35)(H,38,39)(H2,29,32,36). The number of hydrogen-bond donors (Lipinski definition) is 3. The van der Waals surface area contributed by atoms with E-state index in [4.69, 9.17) is 19.7 Å². The molecule has 3 unspecified atom stereocenters. The van der Waals surface area contributed by atoms with Gasteiger partial charge < -0.3 is 25.0 Å². The molecule has 2 aromatic heterocycles. The molecule has 3 heterocycles. The monoisotopic (exact) mass is 640 g/mol. The van der Waals surface area contributed by atoms with E-state index < -0.39 is 50.6 Å². The van der Waals surface area contributed by atoms with E-state index in [1.54, 1.807) is 17.4 Å². The fourth-order valence-corrected chi connectivity index (χ4v) is 4.42. The van der Waals surface area contributed by atoms with E-state index in [0.29, 0.717) is 24.2 Å². The molecule has 19 heteroatoms. The van der Waals surface area contributed by atoms with Crippen molar-refractivity contribution in [1.82, 2.24) is 24.4 Å². The van der Waals surface area contributed by atoms with Crippen molar-refractivity contribution in [1.29, 1.82) is 0 Å². The van der Waals surface area contributed by atoms with Crippen molar-refractivity contribution in [3.8, 4) is 17.6 Å². The van der Waals surface area contributed by atoms with Crippen molar-refractivity contribution in [2.24, 2.45) is 0 Å². The van der Waals surface area contributed by atoms with Crippen molar-refractivity contribution < 1.29 is 50.7 Å². The molecule has 3 atom stereocenters. The van der Waals surface area contributed by atoms with Crippen LogP contribution in [0.4, 0.5) is 23.8 Å². The normalized spacial score (nSPS) is 17.6. The number of carbonyl (C=O) groups excluding carboxylic acids is 2. The highest BCUT2D eigenvalue weighted by Gasteiger charge is 2.38. The third-order valence-electron chi connectivity index (χ3n) is 5.82. The Balaban J connectivity index is 1.31. The third kappa shape index (κ3) is 8.91. The van der Waals surface area contributed by atoms with Crippen molar-refractivity contribution in [2.45, 2.75) is 31.3 Å². The Bertz CT molecular complexity index is 1650. The molecule has 1 saturated heterocycles. The predicted octanol–water partition coefficient (Wildman–Crippen LogP) is 1.96. The summed E-state index contributed by atoms with van der Waals surface area (Å²) in [7, 11) is -4.77. The smallest absolute Gasteiger partial charge is 0.492 e. The van der Waals surface area contributed by atoms with Crippen LogP contribution in [0.3, 0.4) is 0 Å². The summed E-state index contributed by atoms with van der Waals surface area (Å²) >= 11 is 0. The molecular weight excluding hydrogens is 616 g/mol. The van der Waals surface area contributed by atoms with Crippen LogP contribution in [-0.2, 0) is 23.1 Å². The topological polar surface area (TPSA) is 199 Å². The number of anilines is 1. The third-order valence-corrected chi connectivity index (χ3v) is 6.68. The number of benzene rings is 1. The van der Waals surface area contributed by atoms with Crippen molar-refractivity contribution in [3.05, 3.63) is 70.8 Å². The lowest BCUT2D eigenvalue weighted by atomic mass is 10.2. The van der Waals surface area contributed by atoms with Gasteiger partial charge in [-0.15, -0.1) is 0 Å². The van der Waals surface area contributed by atoms with Crippen LogP contribution in [0.2, 0.25) is 0 Å². The first kappa shape index (κ1) is 32.2. The Kier molecular flexibility index (Phi) is 10.1. The lowest BCUT2D eigenvalue weighted by Gasteiger charge is -2.17. The SMILES string of the molecule is Nc1nc(=O)n(C2CCC(COP(=O)(O)OC(=O)n3ccnc3)O2)cc1C#Cc1ccc(OCCNC(=O)C(F)(F)F)cc1. The zero-order valence-electron chi connectivity index (χ0n) is 22.5. The second-order valence-electron chi connectivity index (χ2n) is 8.99. The molecule has 0 radical (unpaired) electrons. The molecule has 4 rings (SSSR count). The van der Waals surface area contributed by atoms with Crippen LogP contribution < -0.4 is 21.5 Å². The number of halogens is 3. The largest absolute Gasteiger partial charge is 0.530 e. The molecule has 15 nitrogen and oxygen atoms in total. The Morgan fingerprint density at radius 2 is 1.98 bits per heavy atom. The number of hydrogen-bond acceptors (Lipinski definition) is 11. The second-order valence-corrected chi connectivity index (χ2v) is 10.4. The van der Waals surface area contributed by atoms with Crippen LogP contribution in [0, 0.1) is 11.8 Å². The Morgan fingerprint density at radius 1 is 1.23 bits per heavy atom. The fraction of sp³-hybridized carbons (Fsp3) is 0.320. The Labute approximate surface area is 246 Å². The van der Waals surface area contributed by atoms with Gasteiger partial charge in [0.25, 0.3) is 0 Å². The number of nitrogens with zero attached hydrogens (tertiary/aromatic N) is 4. The first-order valence-electron chi connectivity index (χ1n) is 12.6. The number of phosphoric ester groups is 1. The van der Waals surface area contributed by atoms with Gasteiger partial charge in [0.1, 0.15) is 30.7 Å². The van der Waals surface area contributed by atoms with Gasteiger partial charge in [0, 0.05) is 24.2 Å². The number of alkyl halides is 3. The van der Waals surface area contributed by atoms with Crippen molar-refractivity contribution in [2.75, 3.05) is 25.5 Å². The number of phosphoric acid groups is 1. The summed E-state index contributed by atoms with van der Waals surface area (Å²) in [4.78, 5) is 52.4. The molecule has 44 heavy (non-hydrogen) atoms. The summed E-state index contributed by atoms with van der Waals surface area (Å²) < 4.78 is 71.2. The molecule has 234 valence electrons. The average molecular weight is 640 g/mol. The molecule has 0 saturated carbocycles. The number of ether oxygens (including phenoxy) is 2. The van der Waals surface area contributed by atoms with E-state index in [-0.39, 0.29) is 24.5 Å².